The number of aliphatic hydroxyl groups excluding tert-OH is 1. The van der Waals surface area contributed by atoms with E-state index in [0.717, 1.165) is 0 Å². The molecule has 1 aromatic carbocycles. The Labute approximate surface area is 96.1 Å². The lowest BCUT2D eigenvalue weighted by atomic mass is 10.1. The van der Waals surface area contributed by atoms with Crippen molar-refractivity contribution in [2.24, 2.45) is 0 Å². The van der Waals surface area contributed by atoms with Crippen molar-refractivity contribution in [3.05, 3.63) is 56.0 Å². The molecule has 1 N–H and O–H groups in total. The number of hydrogen-bond donors (Lipinski definition) is 1. The van der Waals surface area contributed by atoms with Crippen LogP contribution in [0.5, 0.6) is 5.75 Å². The third-order valence-corrected chi connectivity index (χ3v) is 1.69. The molecule has 3 heteroatoms. The summed E-state index contributed by atoms with van der Waals surface area (Å²) in [6, 6.07) is 8.84. The Bertz CT molecular complexity index is 306. The van der Waals surface area contributed by atoms with E-state index in [9.17, 15) is 4.79 Å². The van der Waals surface area contributed by atoms with Crippen LogP contribution in [0.2, 0.25) is 0 Å². The van der Waals surface area contributed by atoms with Crippen molar-refractivity contribution < 1.29 is 14.6 Å². The summed E-state index contributed by atoms with van der Waals surface area (Å²) in [6.07, 6.45) is 5.46. The van der Waals surface area contributed by atoms with Crippen LogP contribution in [0.3, 0.4) is 0 Å². The molecule has 0 aliphatic heterocycles. The zero-order valence-corrected chi connectivity index (χ0v) is 9.04. The van der Waals surface area contributed by atoms with E-state index in [1.54, 1.807) is 44.0 Å². The van der Waals surface area contributed by atoms with E-state index < -0.39 is 12.1 Å². The maximum atomic E-state index is 11.3. The monoisotopic (exact) mass is 218 g/mol. The number of benzene rings is 1. The van der Waals surface area contributed by atoms with Crippen LogP contribution in [0, 0.1) is 25.7 Å². The van der Waals surface area contributed by atoms with Gasteiger partial charge in [0.25, 0.3) is 0 Å². The van der Waals surface area contributed by atoms with Gasteiger partial charge in [0.2, 0.25) is 0 Å². The van der Waals surface area contributed by atoms with Crippen molar-refractivity contribution in [1.29, 1.82) is 0 Å². The highest BCUT2D eigenvalue weighted by Crippen LogP contribution is 2.09. The van der Waals surface area contributed by atoms with Gasteiger partial charge in [-0.25, -0.2) is 0 Å². The zero-order chi connectivity index (χ0) is 11.8. The molecule has 1 unspecified atom stereocenters. The van der Waals surface area contributed by atoms with Gasteiger partial charge < -0.3 is 9.84 Å². The lowest BCUT2D eigenvalue weighted by Gasteiger charge is -2.04. The Morgan fingerprint density at radius 3 is 2.62 bits per heavy atom. The van der Waals surface area contributed by atoms with Gasteiger partial charge in [0.05, 0.1) is 12.5 Å². The minimum atomic E-state index is -0.519. The maximum absolute atomic E-state index is 11.3. The standard InChI is InChI=1S/C13H14O3/c1-11(14)7-5-6-10-13(15)16-12-8-3-2-4-9-12/h2-11,14H,1H3. The Kier molecular flexibility index (Phi) is 5.57. The number of unbranched alkanes of at least 4 members (excludes halogenated alkanes) is 1. The molecule has 0 saturated carbocycles. The molecule has 1 aromatic rings. The summed E-state index contributed by atoms with van der Waals surface area (Å²) in [5.41, 5.74) is 0. The summed E-state index contributed by atoms with van der Waals surface area (Å²) < 4.78 is 5.00. The second-order valence-electron chi connectivity index (χ2n) is 3.22. The molecule has 0 bridgehead atoms. The Morgan fingerprint density at radius 2 is 2.00 bits per heavy atom. The summed E-state index contributed by atoms with van der Waals surface area (Å²) in [4.78, 5) is 11.3. The van der Waals surface area contributed by atoms with Gasteiger partial charge in [0.1, 0.15) is 5.75 Å². The van der Waals surface area contributed by atoms with Crippen LogP contribution in [0.1, 0.15) is 6.92 Å². The van der Waals surface area contributed by atoms with E-state index in [0.29, 0.717) is 5.75 Å². The van der Waals surface area contributed by atoms with Gasteiger partial charge in [0, 0.05) is 0 Å². The van der Waals surface area contributed by atoms with E-state index in [-0.39, 0.29) is 0 Å². The molecular weight excluding hydrogens is 204 g/mol. The molecule has 0 aliphatic rings. The van der Waals surface area contributed by atoms with E-state index in [1.807, 2.05) is 6.07 Å². The maximum Gasteiger partial charge on any atom is 0.315 e. The molecule has 4 radical (unpaired) electrons. The van der Waals surface area contributed by atoms with Gasteiger partial charge in [-0.3, -0.25) is 4.79 Å². The highest BCUT2D eigenvalue weighted by atomic mass is 16.5. The predicted octanol–water partition coefficient (Wildman–Crippen LogP) is 1.79. The van der Waals surface area contributed by atoms with Crippen LogP contribution in [0.15, 0.2) is 30.3 Å². The van der Waals surface area contributed by atoms with Gasteiger partial charge in [0.15, 0.2) is 0 Å². The average molecular weight is 218 g/mol. The molecule has 1 rings (SSSR count). The smallest absolute Gasteiger partial charge is 0.315 e. The van der Waals surface area contributed by atoms with E-state index in [1.165, 1.54) is 12.8 Å². The van der Waals surface area contributed by atoms with Crippen molar-refractivity contribution >= 4 is 5.97 Å². The SMILES string of the molecule is CC(O)[CH][CH][CH][CH]C(=O)Oc1ccccc1. The van der Waals surface area contributed by atoms with Crippen LogP contribution in [-0.2, 0) is 4.79 Å². The van der Waals surface area contributed by atoms with Crippen molar-refractivity contribution in [3.8, 4) is 5.75 Å². The normalized spacial score (nSPS) is 12.1. The molecule has 3 nitrogen and oxygen atoms in total. The lowest BCUT2D eigenvalue weighted by molar-refractivity contribution is -0.130. The van der Waals surface area contributed by atoms with Crippen LogP contribution >= 0.6 is 0 Å². The Morgan fingerprint density at radius 1 is 1.31 bits per heavy atom. The minimum Gasteiger partial charge on any atom is -0.426 e. The van der Waals surface area contributed by atoms with Gasteiger partial charge in [-0.05, 0) is 38.3 Å². The van der Waals surface area contributed by atoms with Crippen molar-refractivity contribution in [2.75, 3.05) is 0 Å². The summed E-state index contributed by atoms with van der Waals surface area (Å²) in [5, 5.41) is 8.92. The van der Waals surface area contributed by atoms with Gasteiger partial charge >= 0.3 is 5.97 Å². The number of esters is 1. The quantitative estimate of drug-likeness (QED) is 0.450. The molecule has 0 aromatic heterocycles. The zero-order valence-electron chi connectivity index (χ0n) is 9.04. The highest BCUT2D eigenvalue weighted by molar-refractivity contribution is 5.83. The summed E-state index contributed by atoms with van der Waals surface area (Å²) in [6.45, 7) is 1.63. The number of aliphatic hydroxyl groups is 1. The third kappa shape index (κ3) is 5.51. The lowest BCUT2D eigenvalue weighted by Crippen LogP contribution is -2.09. The van der Waals surface area contributed by atoms with Crippen LogP contribution in [0.25, 0.3) is 0 Å². The molecule has 0 fully saturated rings. The van der Waals surface area contributed by atoms with Gasteiger partial charge in [-0.1, -0.05) is 18.2 Å². The molecule has 84 valence electrons. The molecule has 0 spiro atoms. The van der Waals surface area contributed by atoms with Crippen LogP contribution < -0.4 is 4.74 Å². The fraction of sp³-hybridized carbons (Fsp3) is 0.154. The molecule has 1 atom stereocenters. The molecule has 0 saturated heterocycles. The predicted molar refractivity (Wildman–Crippen MR) is 61.0 cm³/mol. The number of hydrogen-bond acceptors (Lipinski definition) is 3. The molecular formula is C13H14O3. The van der Waals surface area contributed by atoms with Crippen LogP contribution in [-0.4, -0.2) is 17.2 Å². The van der Waals surface area contributed by atoms with Crippen molar-refractivity contribution in [1.82, 2.24) is 0 Å². The molecule has 0 aliphatic carbocycles. The summed E-state index contributed by atoms with van der Waals surface area (Å²) in [5.74, 6) is 0.0677. The number of para-hydroxylation sites is 1. The molecule has 16 heavy (non-hydrogen) atoms. The second-order valence-corrected chi connectivity index (χ2v) is 3.22. The van der Waals surface area contributed by atoms with Crippen LogP contribution in [0.4, 0.5) is 0 Å². The van der Waals surface area contributed by atoms with E-state index in [4.69, 9.17) is 9.84 Å². The van der Waals surface area contributed by atoms with E-state index in [2.05, 4.69) is 0 Å². The van der Waals surface area contributed by atoms with Crippen molar-refractivity contribution in [2.45, 2.75) is 13.0 Å². The second kappa shape index (κ2) is 7.01. The highest BCUT2D eigenvalue weighted by Gasteiger charge is 2.05. The van der Waals surface area contributed by atoms with Gasteiger partial charge in [-0.15, -0.1) is 0 Å². The third-order valence-electron chi connectivity index (χ3n) is 1.69. The minimum absolute atomic E-state index is 0.443. The first kappa shape index (κ1) is 12.7. The summed E-state index contributed by atoms with van der Waals surface area (Å²) in [7, 11) is 0. The first-order valence-corrected chi connectivity index (χ1v) is 4.98. The number of carbonyl (C=O) groups is 1. The number of carbonyl (C=O) groups excluding carboxylic acids is 1. The Hall–Kier alpha value is -1.35. The van der Waals surface area contributed by atoms with Crippen molar-refractivity contribution in [3.63, 3.8) is 0 Å². The number of rotatable bonds is 6. The molecule has 0 heterocycles. The molecule has 0 amide bonds. The topological polar surface area (TPSA) is 46.5 Å². The average Bonchev–Trinajstić information content (AvgIpc) is 2.25. The Balaban J connectivity index is 2.17. The summed E-state index contributed by atoms with van der Waals surface area (Å²) >= 11 is 0. The largest absolute Gasteiger partial charge is 0.426 e. The fourth-order valence-corrected chi connectivity index (χ4v) is 0.998. The fourth-order valence-electron chi connectivity index (χ4n) is 0.998. The first-order chi connectivity index (χ1) is 7.68. The number of ether oxygens (including phenoxy) is 1. The van der Waals surface area contributed by atoms with E-state index >= 15 is 0 Å². The van der Waals surface area contributed by atoms with Gasteiger partial charge in [-0.2, -0.15) is 0 Å². The first-order valence-electron chi connectivity index (χ1n) is 4.98.